The van der Waals surface area contributed by atoms with Gasteiger partial charge in [0.25, 0.3) is 0 Å². The number of aromatic nitrogens is 2. The molecule has 1 aromatic rings. The maximum atomic E-state index is 4.70. The fourth-order valence-corrected chi connectivity index (χ4v) is 2.12. The van der Waals surface area contributed by atoms with Gasteiger partial charge in [0.05, 0.1) is 0 Å². The van der Waals surface area contributed by atoms with Gasteiger partial charge in [-0.25, -0.2) is 9.97 Å². The Bertz CT molecular complexity index is 392. The average molecular weight is 279 g/mol. The van der Waals surface area contributed by atoms with E-state index in [1.54, 1.807) is 0 Å². The molecule has 5 heteroatoms. The van der Waals surface area contributed by atoms with Crippen LogP contribution in [-0.4, -0.2) is 55.6 Å². The molecule has 0 saturated heterocycles. The SMILES string of the molecule is CCCc1nc(NC)cc(N(CC)CCCN(C)C)n1. The maximum Gasteiger partial charge on any atom is 0.134 e. The lowest BCUT2D eigenvalue weighted by molar-refractivity contribution is 0.400. The normalized spacial score (nSPS) is 10.9. The summed E-state index contributed by atoms with van der Waals surface area (Å²) in [6.07, 6.45) is 3.14. The monoisotopic (exact) mass is 279 g/mol. The predicted octanol–water partition coefficient (Wildman–Crippen LogP) is 2.25. The van der Waals surface area contributed by atoms with Crippen LogP contribution in [0.5, 0.6) is 0 Å². The summed E-state index contributed by atoms with van der Waals surface area (Å²) >= 11 is 0. The Morgan fingerprint density at radius 3 is 2.45 bits per heavy atom. The minimum Gasteiger partial charge on any atom is -0.373 e. The van der Waals surface area contributed by atoms with E-state index >= 15 is 0 Å². The molecule has 0 aliphatic rings. The lowest BCUT2D eigenvalue weighted by atomic mass is 10.3. The van der Waals surface area contributed by atoms with E-state index in [9.17, 15) is 0 Å². The van der Waals surface area contributed by atoms with Gasteiger partial charge in [0.2, 0.25) is 0 Å². The number of rotatable bonds is 9. The highest BCUT2D eigenvalue weighted by Crippen LogP contribution is 2.16. The van der Waals surface area contributed by atoms with E-state index in [1.165, 1.54) is 0 Å². The van der Waals surface area contributed by atoms with Gasteiger partial charge in [-0.05, 0) is 40.4 Å². The van der Waals surface area contributed by atoms with Crippen LogP contribution in [0.2, 0.25) is 0 Å². The van der Waals surface area contributed by atoms with Gasteiger partial charge in [-0.15, -0.1) is 0 Å². The van der Waals surface area contributed by atoms with Crippen molar-refractivity contribution >= 4 is 11.6 Å². The van der Waals surface area contributed by atoms with Crippen LogP contribution in [0.25, 0.3) is 0 Å². The highest BCUT2D eigenvalue weighted by molar-refractivity contribution is 5.49. The van der Waals surface area contributed by atoms with E-state index in [1.807, 2.05) is 13.1 Å². The number of nitrogens with zero attached hydrogens (tertiary/aromatic N) is 4. The molecule has 1 rings (SSSR count). The standard InChI is InChI=1S/C15H29N5/c1-6-9-13-17-14(16-3)12-15(18-13)20(7-2)11-8-10-19(4)5/h12H,6-11H2,1-5H3,(H,16,17,18). The van der Waals surface area contributed by atoms with Gasteiger partial charge in [0.15, 0.2) is 0 Å². The van der Waals surface area contributed by atoms with Crippen molar-refractivity contribution in [1.82, 2.24) is 14.9 Å². The molecule has 0 aliphatic carbocycles. The molecule has 0 fully saturated rings. The van der Waals surface area contributed by atoms with E-state index in [0.717, 1.165) is 56.4 Å². The smallest absolute Gasteiger partial charge is 0.134 e. The van der Waals surface area contributed by atoms with Crippen LogP contribution in [0.15, 0.2) is 6.07 Å². The number of nitrogens with one attached hydrogen (secondary N) is 1. The number of anilines is 2. The van der Waals surface area contributed by atoms with Crippen molar-refractivity contribution in [1.29, 1.82) is 0 Å². The first-order chi connectivity index (χ1) is 9.60. The van der Waals surface area contributed by atoms with Crippen molar-refractivity contribution in [2.24, 2.45) is 0 Å². The van der Waals surface area contributed by atoms with Crippen molar-refractivity contribution < 1.29 is 0 Å². The Hall–Kier alpha value is -1.36. The van der Waals surface area contributed by atoms with E-state index < -0.39 is 0 Å². The third-order valence-corrected chi connectivity index (χ3v) is 3.23. The van der Waals surface area contributed by atoms with Gasteiger partial charge in [0, 0.05) is 32.6 Å². The zero-order valence-electron chi connectivity index (χ0n) is 13.6. The summed E-state index contributed by atoms with van der Waals surface area (Å²) in [7, 11) is 6.13. The summed E-state index contributed by atoms with van der Waals surface area (Å²) in [6, 6.07) is 2.04. The Balaban J connectivity index is 2.81. The van der Waals surface area contributed by atoms with Gasteiger partial charge in [-0.2, -0.15) is 0 Å². The summed E-state index contributed by atoms with van der Waals surface area (Å²) in [4.78, 5) is 13.8. The van der Waals surface area contributed by atoms with Crippen LogP contribution >= 0.6 is 0 Å². The van der Waals surface area contributed by atoms with Gasteiger partial charge < -0.3 is 15.1 Å². The van der Waals surface area contributed by atoms with Crippen LogP contribution in [0.1, 0.15) is 32.5 Å². The first-order valence-electron chi connectivity index (χ1n) is 7.56. The zero-order valence-corrected chi connectivity index (χ0v) is 13.6. The van der Waals surface area contributed by atoms with Gasteiger partial charge in [-0.1, -0.05) is 6.92 Å². The molecule has 20 heavy (non-hydrogen) atoms. The summed E-state index contributed by atoms with van der Waals surface area (Å²) in [6.45, 7) is 7.43. The average Bonchev–Trinajstić information content (AvgIpc) is 2.43. The van der Waals surface area contributed by atoms with Crippen LogP contribution < -0.4 is 10.2 Å². The molecule has 0 bridgehead atoms. The molecule has 5 nitrogen and oxygen atoms in total. The van der Waals surface area contributed by atoms with Crippen molar-refractivity contribution in [2.45, 2.75) is 33.1 Å². The van der Waals surface area contributed by atoms with E-state index in [-0.39, 0.29) is 0 Å². The van der Waals surface area contributed by atoms with Gasteiger partial charge in [-0.3, -0.25) is 0 Å². The Morgan fingerprint density at radius 1 is 1.15 bits per heavy atom. The maximum absolute atomic E-state index is 4.70. The van der Waals surface area contributed by atoms with E-state index in [0.29, 0.717) is 0 Å². The van der Waals surface area contributed by atoms with Crippen molar-refractivity contribution in [3.63, 3.8) is 0 Å². The Labute approximate surface area is 123 Å². The molecule has 0 spiro atoms. The van der Waals surface area contributed by atoms with Crippen molar-refractivity contribution in [3.8, 4) is 0 Å². The summed E-state index contributed by atoms with van der Waals surface area (Å²) < 4.78 is 0. The lowest BCUT2D eigenvalue weighted by Crippen LogP contribution is -2.28. The minimum absolute atomic E-state index is 0.907. The molecule has 0 radical (unpaired) electrons. The Morgan fingerprint density at radius 2 is 1.90 bits per heavy atom. The lowest BCUT2D eigenvalue weighted by Gasteiger charge is -2.23. The topological polar surface area (TPSA) is 44.3 Å². The number of hydrogen-bond acceptors (Lipinski definition) is 5. The molecular weight excluding hydrogens is 250 g/mol. The van der Waals surface area contributed by atoms with Gasteiger partial charge >= 0.3 is 0 Å². The third-order valence-electron chi connectivity index (χ3n) is 3.23. The molecule has 1 N–H and O–H groups in total. The zero-order chi connectivity index (χ0) is 15.0. The molecule has 1 aromatic heterocycles. The highest BCUT2D eigenvalue weighted by atomic mass is 15.2. The quantitative estimate of drug-likeness (QED) is 0.751. The first kappa shape index (κ1) is 16.7. The van der Waals surface area contributed by atoms with Crippen LogP contribution in [0, 0.1) is 0 Å². The summed E-state index contributed by atoms with van der Waals surface area (Å²) in [5.41, 5.74) is 0. The fraction of sp³-hybridized carbons (Fsp3) is 0.733. The first-order valence-corrected chi connectivity index (χ1v) is 7.56. The molecule has 0 saturated carbocycles. The van der Waals surface area contributed by atoms with E-state index in [2.05, 4.69) is 48.0 Å². The molecule has 1 heterocycles. The van der Waals surface area contributed by atoms with Crippen LogP contribution in [-0.2, 0) is 6.42 Å². The molecule has 0 unspecified atom stereocenters. The summed E-state index contributed by atoms with van der Waals surface area (Å²) in [5, 5.41) is 3.13. The highest BCUT2D eigenvalue weighted by Gasteiger charge is 2.10. The number of hydrogen-bond donors (Lipinski definition) is 1. The molecule has 0 aliphatic heterocycles. The fourth-order valence-electron chi connectivity index (χ4n) is 2.12. The Kier molecular flexibility index (Phi) is 7.30. The van der Waals surface area contributed by atoms with Crippen LogP contribution in [0.3, 0.4) is 0 Å². The van der Waals surface area contributed by atoms with Crippen molar-refractivity contribution in [2.75, 3.05) is 51.0 Å². The second kappa shape index (κ2) is 8.74. The molecule has 0 amide bonds. The minimum atomic E-state index is 0.907. The molecule has 0 aromatic carbocycles. The van der Waals surface area contributed by atoms with E-state index in [4.69, 9.17) is 4.98 Å². The summed E-state index contributed by atoms with van der Waals surface area (Å²) in [5.74, 6) is 2.87. The largest absolute Gasteiger partial charge is 0.373 e. The third kappa shape index (κ3) is 5.33. The number of aryl methyl sites for hydroxylation is 1. The van der Waals surface area contributed by atoms with Crippen molar-refractivity contribution in [3.05, 3.63) is 11.9 Å². The predicted molar refractivity (Wildman–Crippen MR) is 86.6 cm³/mol. The van der Waals surface area contributed by atoms with Gasteiger partial charge in [0.1, 0.15) is 17.5 Å². The second-order valence-corrected chi connectivity index (χ2v) is 5.26. The van der Waals surface area contributed by atoms with Crippen LogP contribution in [0.4, 0.5) is 11.6 Å². The molecule has 0 atom stereocenters. The second-order valence-electron chi connectivity index (χ2n) is 5.26. The molecular formula is C15H29N5. The molecule has 114 valence electrons.